The van der Waals surface area contributed by atoms with Crippen LogP contribution in [0.3, 0.4) is 0 Å². The Morgan fingerprint density at radius 3 is 2.24 bits per heavy atom. The number of hydrogen-bond donors (Lipinski definition) is 1. The van der Waals surface area contributed by atoms with Crippen molar-refractivity contribution in [2.75, 3.05) is 40.3 Å². The second kappa shape index (κ2) is 9.93. The monoisotopic (exact) mass is 291 g/mol. The molecular weight excluding hydrogens is 258 g/mol. The number of likely N-dealkylation sites (N-methyl/N-ethyl adjacent to an activating group) is 2. The Kier molecular flexibility index (Phi) is 8.58. The molecule has 1 aromatic rings. The van der Waals surface area contributed by atoms with Crippen LogP contribution in [0.15, 0.2) is 30.3 Å². The van der Waals surface area contributed by atoms with Gasteiger partial charge in [-0.25, -0.2) is 0 Å². The van der Waals surface area contributed by atoms with Gasteiger partial charge in [-0.2, -0.15) is 0 Å². The summed E-state index contributed by atoms with van der Waals surface area (Å²) in [6.45, 7) is 11.1. The standard InChI is InChI=1S/C18H33N3/c1-6-13-19-18(17-11-9-8-10-12-17)15-21(7-2)16(3)14-20(4)5/h8-12,16,18-19H,6-7,13-15H2,1-5H3. The highest BCUT2D eigenvalue weighted by molar-refractivity contribution is 5.19. The van der Waals surface area contributed by atoms with Crippen LogP contribution in [0.1, 0.15) is 38.8 Å². The number of hydrogen-bond acceptors (Lipinski definition) is 3. The van der Waals surface area contributed by atoms with Gasteiger partial charge in [0.1, 0.15) is 0 Å². The lowest BCUT2D eigenvalue weighted by molar-refractivity contribution is 0.165. The molecule has 2 atom stereocenters. The fraction of sp³-hybridized carbons (Fsp3) is 0.667. The third-order valence-corrected chi connectivity index (χ3v) is 3.92. The van der Waals surface area contributed by atoms with Crippen molar-refractivity contribution in [2.24, 2.45) is 0 Å². The molecule has 0 aromatic heterocycles. The summed E-state index contributed by atoms with van der Waals surface area (Å²) in [5.74, 6) is 0. The van der Waals surface area contributed by atoms with Crippen molar-refractivity contribution in [1.82, 2.24) is 15.1 Å². The van der Waals surface area contributed by atoms with E-state index in [0.29, 0.717) is 12.1 Å². The molecule has 0 heterocycles. The molecule has 0 amide bonds. The molecule has 0 aliphatic rings. The molecule has 3 nitrogen and oxygen atoms in total. The van der Waals surface area contributed by atoms with E-state index in [1.165, 1.54) is 12.0 Å². The number of benzene rings is 1. The minimum Gasteiger partial charge on any atom is -0.309 e. The lowest BCUT2D eigenvalue weighted by Gasteiger charge is -2.33. The zero-order valence-electron chi connectivity index (χ0n) is 14.5. The summed E-state index contributed by atoms with van der Waals surface area (Å²) in [6.07, 6.45) is 1.17. The predicted molar refractivity (Wildman–Crippen MR) is 92.7 cm³/mol. The maximum absolute atomic E-state index is 3.70. The van der Waals surface area contributed by atoms with Crippen molar-refractivity contribution < 1.29 is 0 Å². The Morgan fingerprint density at radius 1 is 1.05 bits per heavy atom. The van der Waals surface area contributed by atoms with Crippen LogP contribution in [-0.2, 0) is 0 Å². The molecule has 0 fully saturated rings. The Bertz CT molecular complexity index is 364. The minimum atomic E-state index is 0.413. The van der Waals surface area contributed by atoms with Gasteiger partial charge in [0.15, 0.2) is 0 Å². The fourth-order valence-corrected chi connectivity index (χ4v) is 2.79. The molecule has 0 aliphatic heterocycles. The molecule has 0 aliphatic carbocycles. The lowest BCUT2D eigenvalue weighted by Crippen LogP contribution is -2.44. The molecule has 0 spiro atoms. The van der Waals surface area contributed by atoms with Crippen LogP contribution in [0.5, 0.6) is 0 Å². The minimum absolute atomic E-state index is 0.413. The van der Waals surface area contributed by atoms with Gasteiger partial charge in [0.2, 0.25) is 0 Å². The van der Waals surface area contributed by atoms with Crippen LogP contribution in [0.25, 0.3) is 0 Å². The molecule has 120 valence electrons. The van der Waals surface area contributed by atoms with Crippen LogP contribution < -0.4 is 5.32 Å². The molecule has 1 N–H and O–H groups in total. The van der Waals surface area contributed by atoms with Crippen LogP contribution in [0.2, 0.25) is 0 Å². The molecule has 0 radical (unpaired) electrons. The maximum atomic E-state index is 3.70. The zero-order chi connectivity index (χ0) is 15.7. The topological polar surface area (TPSA) is 18.5 Å². The van der Waals surface area contributed by atoms with E-state index < -0.39 is 0 Å². The first-order chi connectivity index (χ1) is 10.1. The van der Waals surface area contributed by atoms with Gasteiger partial charge in [-0.1, -0.05) is 44.2 Å². The Hall–Kier alpha value is -0.900. The van der Waals surface area contributed by atoms with Crippen LogP contribution in [-0.4, -0.2) is 56.1 Å². The number of nitrogens with one attached hydrogen (secondary N) is 1. The average Bonchev–Trinajstić information content (AvgIpc) is 2.47. The molecule has 1 aromatic carbocycles. The summed E-state index contributed by atoms with van der Waals surface area (Å²) in [4.78, 5) is 4.84. The molecule has 0 saturated heterocycles. The highest BCUT2D eigenvalue weighted by Gasteiger charge is 2.19. The van der Waals surface area contributed by atoms with Gasteiger partial charge in [-0.15, -0.1) is 0 Å². The molecular formula is C18H33N3. The predicted octanol–water partition coefficient (Wildman–Crippen LogP) is 3.00. The van der Waals surface area contributed by atoms with E-state index in [-0.39, 0.29) is 0 Å². The van der Waals surface area contributed by atoms with Crippen molar-refractivity contribution in [3.63, 3.8) is 0 Å². The highest BCUT2D eigenvalue weighted by atomic mass is 15.2. The third-order valence-electron chi connectivity index (χ3n) is 3.92. The Morgan fingerprint density at radius 2 is 1.71 bits per heavy atom. The van der Waals surface area contributed by atoms with Gasteiger partial charge in [-0.05, 0) is 46.1 Å². The summed E-state index contributed by atoms with van der Waals surface area (Å²) in [5, 5.41) is 3.70. The fourth-order valence-electron chi connectivity index (χ4n) is 2.79. The lowest BCUT2D eigenvalue weighted by atomic mass is 10.1. The normalized spacial score (nSPS) is 14.6. The smallest absolute Gasteiger partial charge is 0.0449 e. The second-order valence-corrected chi connectivity index (χ2v) is 6.12. The van der Waals surface area contributed by atoms with E-state index in [1.54, 1.807) is 0 Å². The maximum Gasteiger partial charge on any atom is 0.0449 e. The van der Waals surface area contributed by atoms with Crippen molar-refractivity contribution in [2.45, 2.75) is 39.3 Å². The van der Waals surface area contributed by atoms with Crippen molar-refractivity contribution >= 4 is 0 Å². The van der Waals surface area contributed by atoms with E-state index in [1.807, 2.05) is 0 Å². The Balaban J connectivity index is 2.73. The van der Waals surface area contributed by atoms with Gasteiger partial charge in [0.25, 0.3) is 0 Å². The molecule has 3 heteroatoms. The summed E-state index contributed by atoms with van der Waals surface area (Å²) in [6, 6.07) is 11.8. The first-order valence-electron chi connectivity index (χ1n) is 8.25. The molecule has 0 saturated carbocycles. The second-order valence-electron chi connectivity index (χ2n) is 6.12. The van der Waals surface area contributed by atoms with Crippen molar-refractivity contribution in [3.8, 4) is 0 Å². The van der Waals surface area contributed by atoms with E-state index in [4.69, 9.17) is 0 Å². The van der Waals surface area contributed by atoms with E-state index >= 15 is 0 Å². The van der Waals surface area contributed by atoms with Crippen molar-refractivity contribution in [3.05, 3.63) is 35.9 Å². The van der Waals surface area contributed by atoms with Crippen LogP contribution in [0.4, 0.5) is 0 Å². The van der Waals surface area contributed by atoms with Gasteiger partial charge in [0.05, 0.1) is 0 Å². The van der Waals surface area contributed by atoms with Crippen molar-refractivity contribution in [1.29, 1.82) is 0 Å². The molecule has 2 unspecified atom stereocenters. The summed E-state index contributed by atoms with van der Waals surface area (Å²) in [5.41, 5.74) is 1.39. The average molecular weight is 291 g/mol. The van der Waals surface area contributed by atoms with Gasteiger partial charge in [0, 0.05) is 25.2 Å². The third kappa shape index (κ3) is 6.60. The first-order valence-corrected chi connectivity index (χ1v) is 8.25. The number of nitrogens with zero attached hydrogens (tertiary/aromatic N) is 2. The van der Waals surface area contributed by atoms with Gasteiger partial charge >= 0.3 is 0 Å². The summed E-state index contributed by atoms with van der Waals surface area (Å²) >= 11 is 0. The zero-order valence-corrected chi connectivity index (χ0v) is 14.5. The van der Waals surface area contributed by atoms with Crippen LogP contribution >= 0.6 is 0 Å². The largest absolute Gasteiger partial charge is 0.309 e. The summed E-state index contributed by atoms with van der Waals surface area (Å²) in [7, 11) is 4.29. The van der Waals surface area contributed by atoms with Gasteiger partial charge in [-0.3, -0.25) is 4.90 Å². The quantitative estimate of drug-likeness (QED) is 0.715. The van der Waals surface area contributed by atoms with E-state index in [2.05, 4.69) is 80.3 Å². The van der Waals surface area contributed by atoms with Crippen LogP contribution in [0, 0.1) is 0 Å². The molecule has 21 heavy (non-hydrogen) atoms. The van der Waals surface area contributed by atoms with E-state index in [0.717, 1.165) is 26.2 Å². The SMILES string of the molecule is CCCNC(CN(CC)C(C)CN(C)C)c1ccccc1. The van der Waals surface area contributed by atoms with Gasteiger partial charge < -0.3 is 10.2 Å². The Labute approximate surface area is 131 Å². The molecule has 1 rings (SSSR count). The highest BCUT2D eigenvalue weighted by Crippen LogP contribution is 2.16. The van der Waals surface area contributed by atoms with E-state index in [9.17, 15) is 0 Å². The molecule has 0 bridgehead atoms. The first kappa shape index (κ1) is 18.1. The summed E-state index contributed by atoms with van der Waals surface area (Å²) < 4.78 is 0. The number of rotatable bonds is 10.